The van der Waals surface area contributed by atoms with E-state index < -0.39 is 0 Å². The summed E-state index contributed by atoms with van der Waals surface area (Å²) in [6, 6.07) is 3.95. The van der Waals surface area contributed by atoms with Gasteiger partial charge < -0.3 is 19.6 Å². The lowest BCUT2D eigenvalue weighted by Gasteiger charge is -2.22. The number of Topliss-reactive ketones (excluding diaryl/α,β-unsaturated/α-hetero) is 1. The second kappa shape index (κ2) is 9.68. The van der Waals surface area contributed by atoms with Gasteiger partial charge in [0.1, 0.15) is 28.8 Å². The van der Waals surface area contributed by atoms with Gasteiger partial charge in [0.05, 0.1) is 23.8 Å². The van der Waals surface area contributed by atoms with Crippen molar-refractivity contribution in [3.05, 3.63) is 41.3 Å². The van der Waals surface area contributed by atoms with E-state index in [1.165, 1.54) is 19.8 Å². The maximum Gasteiger partial charge on any atom is 0.199 e. The minimum atomic E-state index is -0.227. The van der Waals surface area contributed by atoms with Crippen molar-refractivity contribution in [2.75, 3.05) is 19.0 Å². The Labute approximate surface area is 214 Å². The number of rotatable bonds is 10. The summed E-state index contributed by atoms with van der Waals surface area (Å²) in [5, 5.41) is 15.1. The van der Waals surface area contributed by atoms with Crippen LogP contribution < -0.4 is 10.1 Å². The van der Waals surface area contributed by atoms with Gasteiger partial charge in [-0.3, -0.25) is 9.80 Å². The summed E-state index contributed by atoms with van der Waals surface area (Å²) >= 11 is 0. The molecular formula is C27H31N7O3. The van der Waals surface area contributed by atoms with Crippen LogP contribution in [-0.4, -0.2) is 51.3 Å². The quantitative estimate of drug-likeness (QED) is 0.164. The van der Waals surface area contributed by atoms with Crippen molar-refractivity contribution in [3.63, 3.8) is 0 Å². The topological polar surface area (TPSA) is 122 Å². The number of benzene rings is 1. The monoisotopic (exact) mass is 501 g/mol. The summed E-state index contributed by atoms with van der Waals surface area (Å²) in [6.07, 6.45) is 5.53. The number of fused-ring (bicyclic) bond motifs is 3. The van der Waals surface area contributed by atoms with E-state index in [-0.39, 0.29) is 11.6 Å². The molecule has 1 saturated carbocycles. The number of anilines is 1. The van der Waals surface area contributed by atoms with E-state index in [2.05, 4.69) is 43.3 Å². The Hall–Kier alpha value is -4.21. The molecule has 3 heterocycles. The SMILES string of the molecule is C=NN(CC)/C(=C\CC1CC1)Nc1nc(C(C)=O)nc2[nH]c3cc(-c4c(C)noc4C)c(OC)cc3c12. The molecule has 192 valence electrons. The number of H-pyrrole nitrogens is 1. The maximum absolute atomic E-state index is 12.3. The third-order valence-electron chi connectivity index (χ3n) is 6.72. The molecule has 0 unspecified atom stereocenters. The first-order valence-corrected chi connectivity index (χ1v) is 12.4. The predicted molar refractivity (Wildman–Crippen MR) is 144 cm³/mol. The predicted octanol–water partition coefficient (Wildman–Crippen LogP) is 5.59. The highest BCUT2D eigenvalue weighted by molar-refractivity contribution is 6.13. The van der Waals surface area contributed by atoms with Gasteiger partial charge in [-0.25, -0.2) is 9.97 Å². The molecular weight excluding hydrogens is 470 g/mol. The van der Waals surface area contributed by atoms with E-state index in [0.717, 1.165) is 45.4 Å². The van der Waals surface area contributed by atoms with E-state index in [9.17, 15) is 4.79 Å². The van der Waals surface area contributed by atoms with Crippen molar-refractivity contribution in [3.8, 4) is 16.9 Å². The van der Waals surface area contributed by atoms with Gasteiger partial charge in [0.2, 0.25) is 0 Å². The van der Waals surface area contributed by atoms with Gasteiger partial charge in [-0.05, 0) is 64.2 Å². The number of allylic oxidation sites excluding steroid dienone is 1. The molecule has 0 aliphatic heterocycles. The number of nitrogens with zero attached hydrogens (tertiary/aromatic N) is 5. The third-order valence-corrected chi connectivity index (χ3v) is 6.72. The van der Waals surface area contributed by atoms with Gasteiger partial charge in [0.25, 0.3) is 0 Å². The molecule has 1 aliphatic carbocycles. The van der Waals surface area contributed by atoms with Crippen LogP contribution in [0.25, 0.3) is 33.1 Å². The first-order chi connectivity index (χ1) is 17.8. The Morgan fingerprint density at radius 3 is 2.73 bits per heavy atom. The number of carbonyl (C=O) groups excluding carboxylic acids is 1. The number of hydrogen-bond donors (Lipinski definition) is 2. The molecule has 3 aromatic heterocycles. The van der Waals surface area contributed by atoms with Gasteiger partial charge in [0.15, 0.2) is 11.6 Å². The van der Waals surface area contributed by atoms with E-state index >= 15 is 0 Å². The molecule has 37 heavy (non-hydrogen) atoms. The van der Waals surface area contributed by atoms with Crippen molar-refractivity contribution in [2.45, 2.75) is 47.0 Å². The summed E-state index contributed by atoms with van der Waals surface area (Å²) in [5.41, 5.74) is 3.87. The molecule has 1 aromatic carbocycles. The van der Waals surface area contributed by atoms with E-state index in [1.807, 2.05) is 32.9 Å². The summed E-state index contributed by atoms with van der Waals surface area (Å²) in [4.78, 5) is 24.9. The molecule has 0 radical (unpaired) electrons. The van der Waals surface area contributed by atoms with Crippen LogP contribution in [0, 0.1) is 19.8 Å². The number of carbonyl (C=O) groups is 1. The number of hydrogen-bond acceptors (Lipinski definition) is 9. The molecule has 0 spiro atoms. The number of aromatic amines is 1. The number of ether oxygens (including phenoxy) is 1. The van der Waals surface area contributed by atoms with Crippen LogP contribution >= 0.6 is 0 Å². The average Bonchev–Trinajstić information content (AvgIpc) is 3.56. The fraction of sp³-hybridized carbons (Fsp3) is 0.370. The lowest BCUT2D eigenvalue weighted by molar-refractivity contribution is 0.100. The van der Waals surface area contributed by atoms with E-state index in [4.69, 9.17) is 9.26 Å². The van der Waals surface area contributed by atoms with E-state index in [0.29, 0.717) is 35.4 Å². The second-order valence-electron chi connectivity index (χ2n) is 9.35. The highest BCUT2D eigenvalue weighted by Gasteiger charge is 2.23. The molecule has 4 aromatic rings. The van der Waals surface area contributed by atoms with Gasteiger partial charge in [0, 0.05) is 36.7 Å². The van der Waals surface area contributed by atoms with Gasteiger partial charge >= 0.3 is 0 Å². The Balaban J connectivity index is 1.72. The lowest BCUT2D eigenvalue weighted by atomic mass is 10.0. The first kappa shape index (κ1) is 24.5. The molecule has 2 N–H and O–H groups in total. The van der Waals surface area contributed by atoms with Crippen molar-refractivity contribution in [1.29, 1.82) is 0 Å². The molecule has 10 heteroatoms. The summed E-state index contributed by atoms with van der Waals surface area (Å²) in [6.45, 7) is 11.6. The molecule has 0 amide bonds. The fourth-order valence-corrected chi connectivity index (χ4v) is 4.62. The average molecular weight is 502 g/mol. The number of aromatic nitrogens is 4. The Morgan fingerprint density at radius 2 is 2.14 bits per heavy atom. The zero-order valence-corrected chi connectivity index (χ0v) is 21.8. The standard InChI is InChI=1S/C27H31N7O3/c1-7-34(28-5)22(11-10-17-8-9-17)30-27-24-18-13-21(36-6)19(23-14(2)33-37-16(23)4)12-20(18)29-26(24)31-25(32-27)15(3)35/h11-13,17H,5,7-10H2,1-4,6H3,(H2,29,30,31,32)/b22-11-. The Kier molecular flexibility index (Phi) is 6.41. The Morgan fingerprint density at radius 1 is 1.35 bits per heavy atom. The molecule has 10 nitrogen and oxygen atoms in total. The van der Waals surface area contributed by atoms with Crippen LogP contribution in [0.1, 0.15) is 55.2 Å². The van der Waals surface area contributed by atoms with Gasteiger partial charge in [-0.15, -0.1) is 0 Å². The number of hydrazone groups is 1. The summed E-state index contributed by atoms with van der Waals surface area (Å²) in [5.74, 6) is 3.24. The van der Waals surface area contributed by atoms with Crippen LogP contribution in [0.5, 0.6) is 5.75 Å². The molecule has 5 rings (SSSR count). The van der Waals surface area contributed by atoms with Gasteiger partial charge in [-0.2, -0.15) is 5.10 Å². The Bertz CT molecular complexity index is 1530. The molecule has 1 aliphatic rings. The minimum Gasteiger partial charge on any atom is -0.496 e. The molecule has 0 bridgehead atoms. The van der Waals surface area contributed by atoms with E-state index in [1.54, 1.807) is 12.1 Å². The number of nitrogens with one attached hydrogen (secondary N) is 2. The van der Waals surface area contributed by atoms with Crippen LogP contribution in [-0.2, 0) is 0 Å². The molecule has 0 saturated heterocycles. The van der Waals surface area contributed by atoms with Crippen molar-refractivity contribution in [2.24, 2.45) is 11.0 Å². The maximum atomic E-state index is 12.3. The van der Waals surface area contributed by atoms with Crippen LogP contribution in [0.15, 0.2) is 33.7 Å². The highest BCUT2D eigenvalue weighted by atomic mass is 16.5. The minimum absolute atomic E-state index is 0.121. The summed E-state index contributed by atoms with van der Waals surface area (Å²) in [7, 11) is 1.63. The normalized spacial score (nSPS) is 13.8. The van der Waals surface area contributed by atoms with Crippen LogP contribution in [0.2, 0.25) is 0 Å². The first-order valence-electron chi connectivity index (χ1n) is 12.4. The fourth-order valence-electron chi connectivity index (χ4n) is 4.62. The number of ketones is 1. The lowest BCUT2D eigenvalue weighted by Crippen LogP contribution is -2.22. The molecule has 1 fully saturated rings. The van der Waals surface area contributed by atoms with Crippen molar-refractivity contribution < 1.29 is 14.1 Å². The van der Waals surface area contributed by atoms with Gasteiger partial charge in [-0.1, -0.05) is 5.16 Å². The third kappa shape index (κ3) is 4.54. The largest absolute Gasteiger partial charge is 0.496 e. The highest BCUT2D eigenvalue weighted by Crippen LogP contribution is 2.41. The van der Waals surface area contributed by atoms with Crippen molar-refractivity contribution in [1.82, 2.24) is 25.1 Å². The summed E-state index contributed by atoms with van der Waals surface area (Å²) < 4.78 is 11.2. The second-order valence-corrected chi connectivity index (χ2v) is 9.35. The number of aryl methyl sites for hydroxylation is 2. The molecule has 0 atom stereocenters. The van der Waals surface area contributed by atoms with Crippen molar-refractivity contribution >= 4 is 40.3 Å². The van der Waals surface area contributed by atoms with Crippen LogP contribution in [0.4, 0.5) is 5.82 Å². The zero-order valence-electron chi connectivity index (χ0n) is 21.8. The number of methoxy groups -OCH3 is 1. The van der Waals surface area contributed by atoms with Crippen LogP contribution in [0.3, 0.4) is 0 Å². The zero-order chi connectivity index (χ0) is 26.3. The smallest absolute Gasteiger partial charge is 0.199 e.